The Kier molecular flexibility index (Phi) is 2.33. The summed E-state index contributed by atoms with van der Waals surface area (Å²) in [5.41, 5.74) is 1.56. The van der Waals surface area contributed by atoms with E-state index in [0.717, 1.165) is 5.52 Å². The number of carbonyl (C=O) groups excluding carboxylic acids is 1. The van der Waals surface area contributed by atoms with Crippen LogP contribution >= 0.6 is 0 Å². The van der Waals surface area contributed by atoms with Gasteiger partial charge in [-0.15, -0.1) is 10.2 Å². The molecule has 0 fully saturated rings. The molecule has 0 spiro atoms. The molecule has 0 radical (unpaired) electrons. The molecule has 3 aromatic heterocycles. The molecule has 3 rings (SSSR count). The van der Waals surface area contributed by atoms with Crippen LogP contribution in [-0.2, 0) is 7.05 Å². The number of nitrogens with zero attached hydrogens (tertiary/aromatic N) is 4. The Bertz CT molecular complexity index is 679. The van der Waals surface area contributed by atoms with Crippen molar-refractivity contribution < 1.29 is 4.79 Å². The summed E-state index contributed by atoms with van der Waals surface area (Å²) >= 11 is 0. The van der Waals surface area contributed by atoms with E-state index >= 15 is 0 Å². The quantitative estimate of drug-likeness (QED) is 0.736. The van der Waals surface area contributed by atoms with Crippen molar-refractivity contribution in [3.05, 3.63) is 48.5 Å². The highest BCUT2D eigenvalue weighted by Crippen LogP contribution is 2.11. The van der Waals surface area contributed by atoms with E-state index in [0.29, 0.717) is 11.5 Å². The molecule has 0 bridgehead atoms. The van der Waals surface area contributed by atoms with E-state index in [1.807, 2.05) is 34.9 Å². The first kappa shape index (κ1) is 10.5. The summed E-state index contributed by atoms with van der Waals surface area (Å²) < 4.78 is 3.54. The summed E-state index contributed by atoms with van der Waals surface area (Å²) in [6.45, 7) is 0. The van der Waals surface area contributed by atoms with E-state index in [4.69, 9.17) is 0 Å². The first-order valence-electron chi connectivity index (χ1n) is 5.46. The molecule has 3 aromatic rings. The van der Waals surface area contributed by atoms with Crippen LogP contribution in [0, 0.1) is 0 Å². The van der Waals surface area contributed by atoms with E-state index in [9.17, 15) is 4.79 Å². The van der Waals surface area contributed by atoms with Crippen molar-refractivity contribution in [2.45, 2.75) is 0 Å². The maximum atomic E-state index is 12.0. The van der Waals surface area contributed by atoms with Gasteiger partial charge in [0.2, 0.25) is 5.95 Å². The van der Waals surface area contributed by atoms with Crippen molar-refractivity contribution in [1.82, 2.24) is 19.2 Å². The van der Waals surface area contributed by atoms with E-state index in [1.165, 1.54) is 6.33 Å². The molecule has 3 heterocycles. The number of aromatic nitrogens is 4. The van der Waals surface area contributed by atoms with Gasteiger partial charge in [-0.3, -0.25) is 10.1 Å². The second-order valence-electron chi connectivity index (χ2n) is 3.98. The van der Waals surface area contributed by atoms with Gasteiger partial charge in [-0.1, -0.05) is 6.07 Å². The zero-order chi connectivity index (χ0) is 12.5. The molecule has 6 heteroatoms. The third kappa shape index (κ3) is 1.73. The van der Waals surface area contributed by atoms with Crippen molar-refractivity contribution in [2.75, 3.05) is 5.32 Å². The Morgan fingerprint density at radius 2 is 2.28 bits per heavy atom. The third-order valence-corrected chi connectivity index (χ3v) is 2.70. The number of fused-ring (bicyclic) bond motifs is 1. The molecule has 0 aliphatic rings. The molecule has 6 nitrogen and oxygen atoms in total. The summed E-state index contributed by atoms with van der Waals surface area (Å²) in [7, 11) is 1.77. The van der Waals surface area contributed by atoms with Crippen LogP contribution in [0.2, 0.25) is 0 Å². The monoisotopic (exact) mass is 241 g/mol. The number of hydrogen-bond acceptors (Lipinski definition) is 3. The maximum Gasteiger partial charge on any atom is 0.259 e. The lowest BCUT2D eigenvalue weighted by molar-refractivity contribution is 0.102. The molecule has 0 aromatic carbocycles. The van der Waals surface area contributed by atoms with Crippen molar-refractivity contribution in [1.29, 1.82) is 0 Å². The number of nitrogens with one attached hydrogen (secondary N) is 1. The van der Waals surface area contributed by atoms with Gasteiger partial charge in [0.15, 0.2) is 0 Å². The highest BCUT2D eigenvalue weighted by atomic mass is 16.1. The predicted molar refractivity (Wildman–Crippen MR) is 66.4 cm³/mol. The average molecular weight is 241 g/mol. The first-order valence-corrected chi connectivity index (χ1v) is 5.46. The normalized spacial score (nSPS) is 10.7. The Hall–Kier alpha value is -2.63. The van der Waals surface area contributed by atoms with Crippen LogP contribution in [0.25, 0.3) is 5.52 Å². The Balaban J connectivity index is 1.90. The number of hydrogen-bond donors (Lipinski definition) is 1. The van der Waals surface area contributed by atoms with Gasteiger partial charge in [-0.05, 0) is 18.2 Å². The van der Waals surface area contributed by atoms with E-state index in [1.54, 1.807) is 17.8 Å². The van der Waals surface area contributed by atoms with Gasteiger partial charge in [-0.25, -0.2) is 0 Å². The van der Waals surface area contributed by atoms with Gasteiger partial charge in [0.25, 0.3) is 5.91 Å². The molecular formula is C12H11N5O. The van der Waals surface area contributed by atoms with Gasteiger partial charge < -0.3 is 8.97 Å². The third-order valence-electron chi connectivity index (χ3n) is 2.70. The summed E-state index contributed by atoms with van der Waals surface area (Å²) in [6.07, 6.45) is 5.21. The van der Waals surface area contributed by atoms with Crippen LogP contribution in [0.15, 0.2) is 43.0 Å². The largest absolute Gasteiger partial charge is 0.323 e. The highest BCUT2D eigenvalue weighted by Gasteiger charge is 2.11. The van der Waals surface area contributed by atoms with Crippen LogP contribution in [0.1, 0.15) is 10.4 Å². The first-order chi connectivity index (χ1) is 8.74. The minimum atomic E-state index is -0.199. The fourth-order valence-electron chi connectivity index (χ4n) is 1.75. The molecular weight excluding hydrogens is 230 g/mol. The van der Waals surface area contributed by atoms with Crippen LogP contribution in [0.4, 0.5) is 5.95 Å². The lowest BCUT2D eigenvalue weighted by Crippen LogP contribution is -2.14. The second-order valence-corrected chi connectivity index (χ2v) is 3.98. The Labute approximate surface area is 103 Å². The van der Waals surface area contributed by atoms with Crippen molar-refractivity contribution >= 4 is 17.4 Å². The molecule has 0 saturated carbocycles. The highest BCUT2D eigenvalue weighted by molar-refractivity contribution is 6.04. The summed E-state index contributed by atoms with van der Waals surface area (Å²) in [4.78, 5) is 12.0. The molecule has 0 saturated heterocycles. The van der Waals surface area contributed by atoms with E-state index in [2.05, 4.69) is 15.5 Å². The molecule has 18 heavy (non-hydrogen) atoms. The SMILES string of the molecule is Cn1cnnc1NC(=O)c1cc2ccccn2c1. The lowest BCUT2D eigenvalue weighted by atomic mass is 10.3. The molecule has 0 unspecified atom stereocenters. The molecule has 0 aliphatic carbocycles. The van der Waals surface area contributed by atoms with Crippen molar-refractivity contribution in [3.8, 4) is 0 Å². The van der Waals surface area contributed by atoms with Crippen LogP contribution in [0.5, 0.6) is 0 Å². The second kappa shape index (κ2) is 3.99. The topological polar surface area (TPSA) is 64.2 Å². The summed E-state index contributed by atoms with van der Waals surface area (Å²) in [5.74, 6) is 0.227. The smallest absolute Gasteiger partial charge is 0.259 e. The van der Waals surface area contributed by atoms with E-state index in [-0.39, 0.29) is 5.91 Å². The van der Waals surface area contributed by atoms with Crippen molar-refractivity contribution in [2.24, 2.45) is 7.05 Å². The standard InChI is InChI=1S/C12H11N5O/c1-16-8-13-15-12(16)14-11(18)9-6-10-4-2-3-5-17(10)7-9/h2-8H,1H3,(H,14,15,18). The number of carbonyl (C=O) groups is 1. The number of anilines is 1. The van der Waals surface area contributed by atoms with Gasteiger partial charge in [0, 0.05) is 25.0 Å². The number of rotatable bonds is 2. The molecule has 1 N–H and O–H groups in total. The molecule has 0 aliphatic heterocycles. The fraction of sp³-hybridized carbons (Fsp3) is 0.0833. The number of pyridine rings is 1. The number of aryl methyl sites for hydroxylation is 1. The molecule has 1 amide bonds. The van der Waals surface area contributed by atoms with Crippen molar-refractivity contribution in [3.63, 3.8) is 0 Å². The maximum absolute atomic E-state index is 12.0. The lowest BCUT2D eigenvalue weighted by Gasteiger charge is -2.00. The van der Waals surface area contributed by atoms with Gasteiger partial charge in [0.1, 0.15) is 6.33 Å². The van der Waals surface area contributed by atoms with Gasteiger partial charge in [0.05, 0.1) is 5.56 Å². The molecule has 0 atom stereocenters. The van der Waals surface area contributed by atoms with Crippen LogP contribution < -0.4 is 5.32 Å². The predicted octanol–water partition coefficient (Wildman–Crippen LogP) is 1.32. The summed E-state index contributed by atoms with van der Waals surface area (Å²) in [5, 5.41) is 10.2. The van der Waals surface area contributed by atoms with Gasteiger partial charge >= 0.3 is 0 Å². The zero-order valence-electron chi connectivity index (χ0n) is 9.74. The Morgan fingerprint density at radius 3 is 3.00 bits per heavy atom. The fourth-order valence-corrected chi connectivity index (χ4v) is 1.75. The minimum absolute atomic E-state index is 0.199. The van der Waals surface area contributed by atoms with Crippen LogP contribution in [-0.4, -0.2) is 25.1 Å². The minimum Gasteiger partial charge on any atom is -0.323 e. The Morgan fingerprint density at radius 1 is 1.39 bits per heavy atom. The number of amides is 1. The zero-order valence-corrected chi connectivity index (χ0v) is 9.74. The van der Waals surface area contributed by atoms with Gasteiger partial charge in [-0.2, -0.15) is 0 Å². The average Bonchev–Trinajstić information content (AvgIpc) is 2.96. The molecule has 90 valence electrons. The van der Waals surface area contributed by atoms with Crippen LogP contribution in [0.3, 0.4) is 0 Å². The summed E-state index contributed by atoms with van der Waals surface area (Å²) in [6, 6.07) is 7.61. The van der Waals surface area contributed by atoms with E-state index < -0.39 is 0 Å².